The minimum Gasteiger partial charge on any atom is -0.497 e. The zero-order valence-electron chi connectivity index (χ0n) is 14.4. The summed E-state index contributed by atoms with van der Waals surface area (Å²) in [5, 5.41) is 9.87. The Kier molecular flexibility index (Phi) is 5.74. The van der Waals surface area contributed by atoms with Crippen molar-refractivity contribution in [2.75, 3.05) is 13.7 Å². The molecule has 27 heavy (non-hydrogen) atoms. The van der Waals surface area contributed by atoms with Gasteiger partial charge >= 0.3 is 5.97 Å². The Morgan fingerprint density at radius 1 is 1.15 bits per heavy atom. The van der Waals surface area contributed by atoms with E-state index in [0.29, 0.717) is 28.1 Å². The molecule has 2 aromatic carbocycles. The predicted molar refractivity (Wildman–Crippen MR) is 99.8 cm³/mol. The van der Waals surface area contributed by atoms with Gasteiger partial charge in [0.1, 0.15) is 23.3 Å². The van der Waals surface area contributed by atoms with Crippen LogP contribution >= 0.6 is 11.6 Å². The van der Waals surface area contributed by atoms with Crippen molar-refractivity contribution in [3.05, 3.63) is 64.8 Å². The summed E-state index contributed by atoms with van der Waals surface area (Å²) in [5.74, 6) is 0.626. The predicted octanol–water partition coefficient (Wildman–Crippen LogP) is 3.89. The summed E-state index contributed by atoms with van der Waals surface area (Å²) in [6.07, 6.45) is 0. The molecule has 0 saturated carbocycles. The number of fused-ring (bicyclic) bond motifs is 1. The molecule has 6 nitrogen and oxygen atoms in total. The first kappa shape index (κ1) is 18.5. The number of pyridine rings is 1. The van der Waals surface area contributed by atoms with Gasteiger partial charge in [0.25, 0.3) is 0 Å². The fourth-order valence-electron chi connectivity index (χ4n) is 2.36. The highest BCUT2D eigenvalue weighted by atomic mass is 35.5. The van der Waals surface area contributed by atoms with Gasteiger partial charge in [0.15, 0.2) is 6.61 Å². The van der Waals surface area contributed by atoms with Crippen LogP contribution in [0.25, 0.3) is 10.9 Å². The van der Waals surface area contributed by atoms with E-state index in [1.807, 2.05) is 24.3 Å². The van der Waals surface area contributed by atoms with Gasteiger partial charge in [0.05, 0.1) is 24.3 Å². The number of rotatable bonds is 6. The first-order valence-electron chi connectivity index (χ1n) is 8.01. The minimum absolute atomic E-state index is 0.0105. The third kappa shape index (κ3) is 4.66. The van der Waals surface area contributed by atoms with E-state index in [9.17, 15) is 4.79 Å². The van der Waals surface area contributed by atoms with Crippen LogP contribution in [-0.4, -0.2) is 24.7 Å². The molecule has 3 aromatic rings. The topological polar surface area (TPSA) is 81.4 Å². The van der Waals surface area contributed by atoms with Crippen LogP contribution in [0.1, 0.15) is 11.1 Å². The van der Waals surface area contributed by atoms with E-state index in [2.05, 4.69) is 4.98 Å². The number of methoxy groups -OCH3 is 1. The molecule has 136 valence electrons. The molecule has 1 aromatic heterocycles. The van der Waals surface area contributed by atoms with Crippen LogP contribution in [-0.2, 0) is 16.1 Å². The molecule has 0 aliphatic heterocycles. The zero-order valence-corrected chi connectivity index (χ0v) is 15.2. The number of esters is 1. The SMILES string of the molecule is COc1ccc2cc(COC(=O)COc3ccc(C#N)cc3)c(Cl)nc2c1. The molecule has 0 saturated heterocycles. The van der Waals surface area contributed by atoms with E-state index in [0.717, 1.165) is 5.39 Å². The number of benzene rings is 2. The fraction of sp³-hybridized carbons (Fsp3) is 0.150. The lowest BCUT2D eigenvalue weighted by Crippen LogP contribution is -2.15. The quantitative estimate of drug-likeness (QED) is 0.475. The van der Waals surface area contributed by atoms with Crippen LogP contribution in [0.2, 0.25) is 5.15 Å². The lowest BCUT2D eigenvalue weighted by molar-refractivity contribution is -0.147. The molecule has 0 bridgehead atoms. The summed E-state index contributed by atoms with van der Waals surface area (Å²) in [5.41, 5.74) is 1.81. The number of halogens is 1. The Labute approximate surface area is 160 Å². The zero-order chi connectivity index (χ0) is 19.2. The maximum absolute atomic E-state index is 11.9. The van der Waals surface area contributed by atoms with Gasteiger partial charge in [-0.15, -0.1) is 0 Å². The van der Waals surface area contributed by atoms with Gasteiger partial charge in [-0.2, -0.15) is 5.26 Å². The van der Waals surface area contributed by atoms with Gasteiger partial charge in [-0.3, -0.25) is 0 Å². The normalized spacial score (nSPS) is 10.3. The smallest absolute Gasteiger partial charge is 0.344 e. The fourth-order valence-corrected chi connectivity index (χ4v) is 2.56. The molecular formula is C20H15ClN2O4. The van der Waals surface area contributed by atoms with Crippen LogP contribution < -0.4 is 9.47 Å². The molecule has 0 amide bonds. The van der Waals surface area contributed by atoms with Crippen molar-refractivity contribution in [2.45, 2.75) is 6.61 Å². The van der Waals surface area contributed by atoms with Crippen LogP contribution in [0.3, 0.4) is 0 Å². The molecule has 0 radical (unpaired) electrons. The van der Waals surface area contributed by atoms with E-state index < -0.39 is 5.97 Å². The maximum Gasteiger partial charge on any atom is 0.344 e. The lowest BCUT2D eigenvalue weighted by Gasteiger charge is -2.09. The lowest BCUT2D eigenvalue weighted by atomic mass is 10.1. The Morgan fingerprint density at radius 2 is 1.89 bits per heavy atom. The van der Waals surface area contributed by atoms with Gasteiger partial charge in [-0.05, 0) is 42.5 Å². The highest BCUT2D eigenvalue weighted by Crippen LogP contribution is 2.24. The first-order valence-corrected chi connectivity index (χ1v) is 8.38. The van der Waals surface area contributed by atoms with E-state index in [-0.39, 0.29) is 18.4 Å². The Morgan fingerprint density at radius 3 is 2.59 bits per heavy atom. The summed E-state index contributed by atoms with van der Waals surface area (Å²) in [4.78, 5) is 16.2. The Hall–Kier alpha value is -3.30. The van der Waals surface area contributed by atoms with Crippen LogP contribution in [0, 0.1) is 11.3 Å². The summed E-state index contributed by atoms with van der Waals surface area (Å²) in [6.45, 7) is -0.259. The van der Waals surface area contributed by atoms with Crippen LogP contribution in [0.5, 0.6) is 11.5 Å². The van der Waals surface area contributed by atoms with Crippen molar-refractivity contribution in [2.24, 2.45) is 0 Å². The van der Waals surface area contributed by atoms with Crippen molar-refractivity contribution < 1.29 is 19.0 Å². The molecular weight excluding hydrogens is 368 g/mol. The first-order chi connectivity index (χ1) is 13.1. The molecule has 7 heteroatoms. The number of aromatic nitrogens is 1. The summed E-state index contributed by atoms with van der Waals surface area (Å²) in [6, 6.07) is 15.7. The van der Waals surface area contributed by atoms with E-state index in [1.54, 1.807) is 37.4 Å². The van der Waals surface area contributed by atoms with Gasteiger partial charge < -0.3 is 14.2 Å². The number of hydrogen-bond donors (Lipinski definition) is 0. The standard InChI is InChI=1S/C20H15ClN2O4/c1-25-17-7-4-14-8-15(20(21)23-18(14)9-17)11-27-19(24)12-26-16-5-2-13(10-22)3-6-16/h2-9H,11-12H2,1H3. The van der Waals surface area contributed by atoms with Gasteiger partial charge in [-0.25, -0.2) is 9.78 Å². The molecule has 0 aliphatic rings. The second-order valence-corrected chi connectivity index (χ2v) is 5.94. The van der Waals surface area contributed by atoms with Crippen molar-refractivity contribution >= 4 is 28.5 Å². The maximum atomic E-state index is 11.9. The Balaban J connectivity index is 1.59. The summed E-state index contributed by atoms with van der Waals surface area (Å²) in [7, 11) is 1.58. The largest absolute Gasteiger partial charge is 0.497 e. The van der Waals surface area contributed by atoms with Gasteiger partial charge in [-0.1, -0.05) is 11.6 Å². The number of carbonyl (C=O) groups is 1. The molecule has 0 fully saturated rings. The summed E-state index contributed by atoms with van der Waals surface area (Å²) < 4.78 is 15.7. The van der Waals surface area contributed by atoms with Crippen LogP contribution in [0.4, 0.5) is 0 Å². The highest BCUT2D eigenvalue weighted by molar-refractivity contribution is 6.30. The molecule has 3 rings (SSSR count). The third-order valence-electron chi connectivity index (χ3n) is 3.78. The number of nitriles is 1. The second-order valence-electron chi connectivity index (χ2n) is 5.58. The molecule has 1 heterocycles. The molecule has 0 atom stereocenters. The monoisotopic (exact) mass is 382 g/mol. The second kappa shape index (κ2) is 8.39. The van der Waals surface area contributed by atoms with Crippen molar-refractivity contribution in [3.63, 3.8) is 0 Å². The number of ether oxygens (including phenoxy) is 3. The number of carbonyl (C=O) groups excluding carboxylic acids is 1. The van der Waals surface area contributed by atoms with Gasteiger partial charge in [0, 0.05) is 17.0 Å². The minimum atomic E-state index is -0.537. The van der Waals surface area contributed by atoms with E-state index in [4.69, 9.17) is 31.1 Å². The van der Waals surface area contributed by atoms with Crippen molar-refractivity contribution in [1.29, 1.82) is 5.26 Å². The average molecular weight is 383 g/mol. The Bertz CT molecular complexity index is 1010. The molecule has 0 spiro atoms. The third-order valence-corrected chi connectivity index (χ3v) is 4.11. The summed E-state index contributed by atoms with van der Waals surface area (Å²) >= 11 is 6.18. The molecule has 0 N–H and O–H groups in total. The van der Waals surface area contributed by atoms with E-state index in [1.165, 1.54) is 0 Å². The number of nitrogens with zero attached hydrogens (tertiary/aromatic N) is 2. The van der Waals surface area contributed by atoms with E-state index >= 15 is 0 Å². The molecule has 0 unspecified atom stereocenters. The molecule has 0 aliphatic carbocycles. The van der Waals surface area contributed by atoms with Gasteiger partial charge in [0.2, 0.25) is 0 Å². The highest BCUT2D eigenvalue weighted by Gasteiger charge is 2.10. The number of hydrogen-bond acceptors (Lipinski definition) is 6. The van der Waals surface area contributed by atoms with Crippen LogP contribution in [0.15, 0.2) is 48.5 Å². The average Bonchev–Trinajstić information content (AvgIpc) is 2.70. The van der Waals surface area contributed by atoms with Crippen molar-refractivity contribution in [3.8, 4) is 17.6 Å². The van der Waals surface area contributed by atoms with Crippen molar-refractivity contribution in [1.82, 2.24) is 4.98 Å².